The average molecular weight is 362 g/mol. The van der Waals surface area contributed by atoms with Crippen LogP contribution in [0.2, 0.25) is 0 Å². The number of aliphatic carboxylic acids is 1. The molecule has 3 aromatic rings. The van der Waals surface area contributed by atoms with Crippen molar-refractivity contribution in [2.45, 2.75) is 33.0 Å². The summed E-state index contributed by atoms with van der Waals surface area (Å²) < 4.78 is 0. The van der Waals surface area contributed by atoms with Gasteiger partial charge in [-0.15, -0.1) is 0 Å². The van der Waals surface area contributed by atoms with Crippen LogP contribution in [-0.2, 0) is 30.8 Å². The molecular weight excluding hydrogens is 340 g/mol. The van der Waals surface area contributed by atoms with Crippen molar-refractivity contribution >= 4 is 5.97 Å². The van der Waals surface area contributed by atoms with Crippen LogP contribution in [0, 0.1) is 6.92 Å². The van der Waals surface area contributed by atoms with Crippen molar-refractivity contribution in [3.63, 3.8) is 0 Å². The van der Waals surface area contributed by atoms with E-state index in [1.54, 1.807) is 12.3 Å². The second-order valence-electron chi connectivity index (χ2n) is 6.43. The predicted octanol–water partition coefficient (Wildman–Crippen LogP) is 3.01. The summed E-state index contributed by atoms with van der Waals surface area (Å²) in [7, 11) is 0. The van der Waals surface area contributed by atoms with Gasteiger partial charge in [-0.2, -0.15) is 0 Å². The molecule has 0 spiro atoms. The number of carboxylic acids is 1. The largest absolute Gasteiger partial charge is 0.481 e. The Morgan fingerprint density at radius 3 is 2.15 bits per heavy atom. The van der Waals surface area contributed by atoms with Gasteiger partial charge in [0.15, 0.2) is 0 Å². The monoisotopic (exact) mass is 362 g/mol. The Morgan fingerprint density at radius 2 is 1.48 bits per heavy atom. The van der Waals surface area contributed by atoms with E-state index in [1.807, 2.05) is 55.5 Å². The van der Waals surface area contributed by atoms with Crippen molar-refractivity contribution in [3.8, 4) is 0 Å². The number of aryl methyl sites for hydroxylation is 1. The first-order chi connectivity index (χ1) is 13.1. The van der Waals surface area contributed by atoms with Crippen molar-refractivity contribution in [2.24, 2.45) is 0 Å². The zero-order valence-corrected chi connectivity index (χ0v) is 15.2. The Bertz CT molecular complexity index is 899. The Kier molecular flexibility index (Phi) is 6.22. The second kappa shape index (κ2) is 9.00. The van der Waals surface area contributed by atoms with Gasteiger partial charge >= 0.3 is 5.97 Å². The van der Waals surface area contributed by atoms with Crippen LogP contribution < -0.4 is 0 Å². The molecule has 0 bridgehead atoms. The fourth-order valence-corrected chi connectivity index (χ4v) is 2.90. The molecule has 1 N–H and O–H groups in total. The summed E-state index contributed by atoms with van der Waals surface area (Å²) in [6, 6.07) is 17.3. The molecule has 6 nitrogen and oxygen atoms in total. The minimum atomic E-state index is -0.881. The number of aromatic nitrogens is 3. The van der Waals surface area contributed by atoms with Crippen molar-refractivity contribution in [3.05, 3.63) is 89.3 Å². The number of rotatable bonds is 8. The lowest BCUT2D eigenvalue weighted by Crippen LogP contribution is -2.24. The zero-order valence-electron chi connectivity index (χ0n) is 15.2. The van der Waals surface area contributed by atoms with Gasteiger partial charge in [0, 0.05) is 31.5 Å². The predicted molar refractivity (Wildman–Crippen MR) is 102 cm³/mol. The van der Waals surface area contributed by atoms with Gasteiger partial charge in [-0.3, -0.25) is 24.6 Å². The number of carboxylic acid groups (broad SMARTS) is 1. The fraction of sp³-hybridized carbons (Fsp3) is 0.238. The Hall–Kier alpha value is -3.12. The average Bonchev–Trinajstić information content (AvgIpc) is 2.62. The topological polar surface area (TPSA) is 79.2 Å². The minimum absolute atomic E-state index is 0.0759. The van der Waals surface area contributed by atoms with Gasteiger partial charge in [-0.25, -0.2) is 0 Å². The first-order valence-electron chi connectivity index (χ1n) is 8.80. The van der Waals surface area contributed by atoms with Gasteiger partial charge in [-0.1, -0.05) is 18.2 Å². The summed E-state index contributed by atoms with van der Waals surface area (Å²) in [5.74, 6) is -0.881. The number of nitrogens with zero attached hydrogens (tertiary/aromatic N) is 4. The number of hydrogen-bond acceptors (Lipinski definition) is 5. The molecule has 3 heterocycles. The fourth-order valence-electron chi connectivity index (χ4n) is 2.90. The van der Waals surface area contributed by atoms with Crippen LogP contribution in [0.1, 0.15) is 28.5 Å². The molecule has 0 amide bonds. The molecule has 0 aromatic carbocycles. The van der Waals surface area contributed by atoms with Crippen LogP contribution in [0.3, 0.4) is 0 Å². The molecule has 3 rings (SSSR count). The first kappa shape index (κ1) is 18.7. The molecule has 0 aliphatic rings. The van der Waals surface area contributed by atoms with E-state index >= 15 is 0 Å². The lowest BCUT2D eigenvalue weighted by molar-refractivity contribution is -0.136. The molecule has 0 unspecified atom stereocenters. The van der Waals surface area contributed by atoms with Crippen LogP contribution in [-0.4, -0.2) is 30.9 Å². The summed E-state index contributed by atoms with van der Waals surface area (Å²) in [6.45, 7) is 3.87. The summed E-state index contributed by atoms with van der Waals surface area (Å²) in [4.78, 5) is 26.7. The summed E-state index contributed by atoms with van der Waals surface area (Å²) >= 11 is 0. The first-order valence-corrected chi connectivity index (χ1v) is 8.80. The van der Waals surface area contributed by atoms with Gasteiger partial charge in [0.2, 0.25) is 0 Å². The van der Waals surface area contributed by atoms with E-state index in [-0.39, 0.29) is 6.42 Å². The highest BCUT2D eigenvalue weighted by Gasteiger charge is 2.12. The molecule has 0 fully saturated rings. The van der Waals surface area contributed by atoms with Crippen LogP contribution in [0.25, 0.3) is 0 Å². The normalized spacial score (nSPS) is 10.9. The summed E-state index contributed by atoms with van der Waals surface area (Å²) in [5.41, 5.74) is 4.31. The van der Waals surface area contributed by atoms with Crippen molar-refractivity contribution in [1.82, 2.24) is 19.9 Å². The molecule has 0 saturated heterocycles. The van der Waals surface area contributed by atoms with Gasteiger partial charge in [0.1, 0.15) is 0 Å². The van der Waals surface area contributed by atoms with E-state index in [9.17, 15) is 4.79 Å². The van der Waals surface area contributed by atoms with Gasteiger partial charge in [0.25, 0.3) is 0 Å². The number of hydrogen-bond donors (Lipinski definition) is 1. The Morgan fingerprint density at radius 1 is 0.852 bits per heavy atom. The van der Waals surface area contributed by atoms with Crippen LogP contribution >= 0.6 is 0 Å². The maximum Gasteiger partial charge on any atom is 0.309 e. The lowest BCUT2D eigenvalue weighted by atomic mass is 10.2. The third-order valence-corrected chi connectivity index (χ3v) is 4.03. The van der Waals surface area contributed by atoms with E-state index in [0.717, 1.165) is 22.8 Å². The third-order valence-electron chi connectivity index (χ3n) is 4.03. The standard InChI is InChI=1S/C21H22N4O2/c1-16-6-4-9-19(23-16)14-25(13-18-7-2-3-11-22-18)15-20-10-5-8-17(24-20)12-21(26)27/h2-11H,12-15H2,1H3,(H,26,27). The summed E-state index contributed by atoms with van der Waals surface area (Å²) in [5, 5.41) is 8.99. The van der Waals surface area contributed by atoms with E-state index in [4.69, 9.17) is 5.11 Å². The molecule has 0 atom stereocenters. The Balaban J connectivity index is 1.79. The Labute approximate surface area is 158 Å². The molecule has 0 aliphatic heterocycles. The molecule has 0 saturated carbocycles. The quantitative estimate of drug-likeness (QED) is 0.664. The maximum atomic E-state index is 10.9. The number of carbonyl (C=O) groups is 1. The highest BCUT2D eigenvalue weighted by atomic mass is 16.4. The van der Waals surface area contributed by atoms with Crippen LogP contribution in [0.4, 0.5) is 0 Å². The van der Waals surface area contributed by atoms with E-state index in [0.29, 0.717) is 25.3 Å². The maximum absolute atomic E-state index is 10.9. The highest BCUT2D eigenvalue weighted by molar-refractivity contribution is 5.69. The molecule has 27 heavy (non-hydrogen) atoms. The molecule has 6 heteroatoms. The summed E-state index contributed by atoms with van der Waals surface area (Å²) in [6.07, 6.45) is 1.71. The van der Waals surface area contributed by atoms with Gasteiger partial charge in [-0.05, 0) is 43.3 Å². The molecule has 138 valence electrons. The van der Waals surface area contributed by atoms with Crippen molar-refractivity contribution < 1.29 is 9.90 Å². The SMILES string of the molecule is Cc1cccc(CN(Cc2ccccn2)Cc2cccc(CC(=O)O)n2)n1. The molecular formula is C21H22N4O2. The minimum Gasteiger partial charge on any atom is -0.481 e. The van der Waals surface area contributed by atoms with Crippen molar-refractivity contribution in [1.29, 1.82) is 0 Å². The number of pyridine rings is 3. The molecule has 0 radical (unpaired) electrons. The molecule has 3 aromatic heterocycles. The van der Waals surface area contributed by atoms with E-state index < -0.39 is 5.97 Å². The lowest BCUT2D eigenvalue weighted by Gasteiger charge is -2.21. The zero-order chi connectivity index (χ0) is 19.1. The van der Waals surface area contributed by atoms with Crippen LogP contribution in [0.15, 0.2) is 60.8 Å². The van der Waals surface area contributed by atoms with Crippen LogP contribution in [0.5, 0.6) is 0 Å². The third kappa shape index (κ3) is 5.97. The molecule has 0 aliphatic carbocycles. The highest BCUT2D eigenvalue weighted by Crippen LogP contribution is 2.12. The van der Waals surface area contributed by atoms with Crippen molar-refractivity contribution in [2.75, 3.05) is 0 Å². The second-order valence-corrected chi connectivity index (χ2v) is 6.43. The smallest absolute Gasteiger partial charge is 0.309 e. The van der Waals surface area contributed by atoms with Gasteiger partial charge < -0.3 is 5.11 Å². The van der Waals surface area contributed by atoms with E-state index in [2.05, 4.69) is 19.9 Å². The van der Waals surface area contributed by atoms with Gasteiger partial charge in [0.05, 0.1) is 29.2 Å². The van der Waals surface area contributed by atoms with E-state index in [1.165, 1.54) is 0 Å².